The van der Waals surface area contributed by atoms with Gasteiger partial charge in [0.2, 0.25) is 0 Å². The molecular formula is C20H20Cl2FN3O3S. The van der Waals surface area contributed by atoms with Crippen LogP contribution in [0.1, 0.15) is 13.8 Å². The molecule has 0 amide bonds. The fraction of sp³-hybridized carbons (Fsp3) is 0.300. The summed E-state index contributed by atoms with van der Waals surface area (Å²) in [5.74, 6) is -0.190. The van der Waals surface area contributed by atoms with Gasteiger partial charge in [0.25, 0.3) is 0 Å². The number of nitrogens with zero attached hydrogens (tertiary/aromatic N) is 2. The van der Waals surface area contributed by atoms with E-state index < -0.39 is 11.9 Å². The summed E-state index contributed by atoms with van der Waals surface area (Å²) in [5, 5.41) is 18.9. The number of aliphatic hydroxyl groups is 1. The van der Waals surface area contributed by atoms with Crippen molar-refractivity contribution in [2.75, 3.05) is 13.2 Å². The Morgan fingerprint density at radius 2 is 1.77 bits per heavy atom. The average molecular weight is 472 g/mol. The number of rotatable bonds is 8. The molecule has 0 spiro atoms. The van der Waals surface area contributed by atoms with E-state index in [1.165, 1.54) is 17.4 Å². The van der Waals surface area contributed by atoms with Gasteiger partial charge in [0.15, 0.2) is 11.6 Å². The molecule has 0 fully saturated rings. The van der Waals surface area contributed by atoms with Crippen LogP contribution in [0.2, 0.25) is 10.0 Å². The molecule has 3 aromatic rings. The molecule has 0 saturated heterocycles. The summed E-state index contributed by atoms with van der Waals surface area (Å²) in [6.07, 6.45) is 0.00690. The Hall–Kier alpha value is -1.97. The zero-order valence-corrected chi connectivity index (χ0v) is 18.6. The predicted octanol–water partition coefficient (Wildman–Crippen LogP) is 4.80. The molecule has 160 valence electrons. The van der Waals surface area contributed by atoms with E-state index in [-0.39, 0.29) is 30.1 Å². The third-order valence-electron chi connectivity index (χ3n) is 3.89. The average Bonchev–Trinajstić information content (AvgIpc) is 3.18. The number of aromatic nitrogens is 2. The summed E-state index contributed by atoms with van der Waals surface area (Å²) in [6, 6.07) is 7.54. The molecule has 1 unspecified atom stereocenters. The van der Waals surface area contributed by atoms with Crippen molar-refractivity contribution in [1.82, 2.24) is 10.2 Å². The highest BCUT2D eigenvalue weighted by atomic mass is 35.5. The normalized spacial score (nSPS) is 12.3. The molecule has 2 aromatic carbocycles. The number of hydrogen-bond donors (Lipinski definition) is 2. The Kier molecular flexibility index (Phi) is 7.49. The van der Waals surface area contributed by atoms with Gasteiger partial charge in [0, 0.05) is 11.1 Å². The second-order valence-electron chi connectivity index (χ2n) is 6.75. The van der Waals surface area contributed by atoms with E-state index in [0.29, 0.717) is 26.4 Å². The van der Waals surface area contributed by atoms with Crippen LogP contribution in [0.25, 0.3) is 21.1 Å². The van der Waals surface area contributed by atoms with Gasteiger partial charge in [-0.1, -0.05) is 34.5 Å². The highest BCUT2D eigenvalue weighted by molar-refractivity contribution is 7.17. The second kappa shape index (κ2) is 9.89. The van der Waals surface area contributed by atoms with Gasteiger partial charge in [-0.05, 0) is 44.2 Å². The number of halogens is 3. The number of benzene rings is 2. The van der Waals surface area contributed by atoms with Gasteiger partial charge in [0.05, 0.1) is 28.8 Å². The molecule has 0 aliphatic heterocycles. The summed E-state index contributed by atoms with van der Waals surface area (Å²) in [4.78, 5) is 0. The quantitative estimate of drug-likeness (QED) is 0.490. The Morgan fingerprint density at radius 1 is 1.10 bits per heavy atom. The first kappa shape index (κ1) is 22.7. The van der Waals surface area contributed by atoms with E-state index in [1.807, 2.05) is 19.9 Å². The molecule has 0 aliphatic carbocycles. The molecule has 30 heavy (non-hydrogen) atoms. The third kappa shape index (κ3) is 5.39. The lowest BCUT2D eigenvalue weighted by Gasteiger charge is -2.13. The van der Waals surface area contributed by atoms with Crippen molar-refractivity contribution < 1.29 is 19.0 Å². The minimum atomic E-state index is -0.655. The summed E-state index contributed by atoms with van der Waals surface area (Å²) >= 11 is 13.7. The van der Waals surface area contributed by atoms with Gasteiger partial charge in [-0.25, -0.2) is 4.39 Å². The van der Waals surface area contributed by atoms with E-state index in [0.717, 1.165) is 5.56 Å². The van der Waals surface area contributed by atoms with Crippen molar-refractivity contribution in [2.24, 2.45) is 5.73 Å². The van der Waals surface area contributed by atoms with Gasteiger partial charge < -0.3 is 20.3 Å². The summed E-state index contributed by atoms with van der Waals surface area (Å²) in [6.45, 7) is 3.50. The minimum Gasteiger partial charge on any atom is -0.489 e. The van der Waals surface area contributed by atoms with Crippen molar-refractivity contribution in [3.8, 4) is 32.6 Å². The lowest BCUT2D eigenvalue weighted by molar-refractivity contribution is 0.202. The maximum Gasteiger partial charge on any atom is 0.173 e. The molecule has 1 aromatic heterocycles. The first-order valence-corrected chi connectivity index (χ1v) is 10.6. The van der Waals surface area contributed by atoms with E-state index >= 15 is 0 Å². The molecule has 1 heterocycles. The van der Waals surface area contributed by atoms with E-state index in [9.17, 15) is 4.39 Å². The van der Waals surface area contributed by atoms with Crippen LogP contribution in [0, 0.1) is 5.82 Å². The molecule has 10 heteroatoms. The van der Waals surface area contributed by atoms with Crippen LogP contribution >= 0.6 is 34.5 Å². The van der Waals surface area contributed by atoms with Gasteiger partial charge in [-0.2, -0.15) is 0 Å². The standard InChI is InChI=1S/C20H20Cl2FN3O3S/c1-10(2)29-17-4-3-11(5-14(17)21)19-25-26-20(30-19)12-6-15(22)18(16(23)7-12)28-9-13(24)8-27/h3-7,10,13,27H,8-9,24H2,1-2H3. The van der Waals surface area contributed by atoms with E-state index in [1.54, 1.807) is 18.2 Å². The topological polar surface area (TPSA) is 90.5 Å². The fourth-order valence-electron chi connectivity index (χ4n) is 2.50. The van der Waals surface area contributed by atoms with Crippen molar-refractivity contribution in [1.29, 1.82) is 0 Å². The van der Waals surface area contributed by atoms with Crippen LogP contribution in [0.4, 0.5) is 4.39 Å². The Bertz CT molecular complexity index is 1010. The monoisotopic (exact) mass is 471 g/mol. The predicted molar refractivity (Wildman–Crippen MR) is 117 cm³/mol. The first-order valence-electron chi connectivity index (χ1n) is 9.07. The van der Waals surface area contributed by atoms with Gasteiger partial charge in [-0.15, -0.1) is 10.2 Å². The lowest BCUT2D eigenvalue weighted by Crippen LogP contribution is -2.31. The van der Waals surface area contributed by atoms with Crippen molar-refractivity contribution in [3.63, 3.8) is 0 Å². The van der Waals surface area contributed by atoms with Gasteiger partial charge >= 0.3 is 0 Å². The van der Waals surface area contributed by atoms with Crippen LogP contribution in [-0.2, 0) is 0 Å². The number of nitrogens with two attached hydrogens (primary N) is 1. The van der Waals surface area contributed by atoms with Gasteiger partial charge in [0.1, 0.15) is 22.4 Å². The zero-order valence-electron chi connectivity index (χ0n) is 16.2. The Morgan fingerprint density at radius 3 is 2.37 bits per heavy atom. The minimum absolute atomic E-state index is 0.00690. The van der Waals surface area contributed by atoms with Crippen LogP contribution in [0.3, 0.4) is 0 Å². The van der Waals surface area contributed by atoms with Crippen molar-refractivity contribution in [2.45, 2.75) is 26.0 Å². The molecule has 0 aliphatic rings. The molecule has 0 radical (unpaired) electrons. The molecule has 1 atom stereocenters. The van der Waals surface area contributed by atoms with Crippen LogP contribution in [0.5, 0.6) is 11.5 Å². The summed E-state index contributed by atoms with van der Waals surface area (Å²) < 4.78 is 25.4. The number of aliphatic hydroxyl groups excluding tert-OH is 1. The maximum atomic E-state index is 14.5. The molecule has 6 nitrogen and oxygen atoms in total. The zero-order chi connectivity index (χ0) is 21.8. The van der Waals surface area contributed by atoms with E-state index in [2.05, 4.69) is 10.2 Å². The molecule has 3 N–H and O–H groups in total. The molecule has 0 saturated carbocycles. The maximum absolute atomic E-state index is 14.5. The fourth-order valence-corrected chi connectivity index (χ4v) is 3.82. The van der Waals surface area contributed by atoms with Crippen molar-refractivity contribution in [3.05, 3.63) is 46.2 Å². The molecule has 3 rings (SSSR count). The van der Waals surface area contributed by atoms with Crippen LogP contribution in [-0.4, -0.2) is 40.7 Å². The first-order chi connectivity index (χ1) is 14.3. The largest absolute Gasteiger partial charge is 0.489 e. The number of hydrogen-bond acceptors (Lipinski definition) is 7. The number of ether oxygens (including phenoxy) is 2. The highest BCUT2D eigenvalue weighted by Crippen LogP contribution is 2.37. The second-order valence-corrected chi connectivity index (χ2v) is 8.54. The lowest BCUT2D eigenvalue weighted by atomic mass is 10.2. The highest BCUT2D eigenvalue weighted by Gasteiger charge is 2.17. The van der Waals surface area contributed by atoms with E-state index in [4.69, 9.17) is 43.5 Å². The Labute approximate surface area is 187 Å². The van der Waals surface area contributed by atoms with Crippen LogP contribution < -0.4 is 15.2 Å². The van der Waals surface area contributed by atoms with Crippen LogP contribution in [0.15, 0.2) is 30.3 Å². The summed E-state index contributed by atoms with van der Waals surface area (Å²) in [7, 11) is 0. The molecular weight excluding hydrogens is 452 g/mol. The smallest absolute Gasteiger partial charge is 0.173 e. The SMILES string of the molecule is CC(C)Oc1ccc(-c2nnc(-c3cc(F)c(OCC(N)CO)c(Cl)c3)s2)cc1Cl. The summed E-state index contributed by atoms with van der Waals surface area (Å²) in [5.41, 5.74) is 6.80. The van der Waals surface area contributed by atoms with Gasteiger partial charge in [-0.3, -0.25) is 0 Å². The Balaban J connectivity index is 1.83. The molecule has 0 bridgehead atoms. The third-order valence-corrected chi connectivity index (χ3v) is 5.49. The van der Waals surface area contributed by atoms with Crippen molar-refractivity contribution >= 4 is 34.5 Å².